The van der Waals surface area contributed by atoms with Crippen molar-refractivity contribution in [1.29, 1.82) is 0 Å². The summed E-state index contributed by atoms with van der Waals surface area (Å²) in [5.41, 5.74) is 2.67. The van der Waals surface area contributed by atoms with E-state index in [0.717, 1.165) is 5.82 Å². The largest absolute Gasteiger partial charge is 0.507 e. The molecule has 2 saturated carbocycles. The predicted molar refractivity (Wildman–Crippen MR) is 118 cm³/mol. The molecule has 2 heterocycles. The van der Waals surface area contributed by atoms with Gasteiger partial charge in [-0.25, -0.2) is 4.98 Å². The summed E-state index contributed by atoms with van der Waals surface area (Å²) in [7, 11) is 2.11. The number of anilines is 1. The van der Waals surface area contributed by atoms with Gasteiger partial charge in [0, 0.05) is 24.7 Å². The number of hydrogen-bond acceptors (Lipinski definition) is 5. The molecule has 0 radical (unpaired) electrons. The molecule has 2 aliphatic rings. The summed E-state index contributed by atoms with van der Waals surface area (Å²) >= 11 is 0. The van der Waals surface area contributed by atoms with Crippen molar-refractivity contribution in [2.24, 2.45) is 10.8 Å². The van der Waals surface area contributed by atoms with Crippen LogP contribution in [0.3, 0.4) is 0 Å². The van der Waals surface area contributed by atoms with Crippen LogP contribution in [0.5, 0.6) is 5.75 Å². The van der Waals surface area contributed by atoms with Crippen molar-refractivity contribution in [3.63, 3.8) is 0 Å². The lowest BCUT2D eigenvalue weighted by Gasteiger charge is -2.44. The van der Waals surface area contributed by atoms with Gasteiger partial charge in [-0.05, 0) is 67.2 Å². The maximum absolute atomic E-state index is 13.2. The molecular formula is C24H28FN5O. The molecule has 7 heteroatoms. The Morgan fingerprint density at radius 3 is 2.42 bits per heavy atom. The van der Waals surface area contributed by atoms with Crippen LogP contribution in [0.25, 0.3) is 16.9 Å². The van der Waals surface area contributed by atoms with Crippen LogP contribution < -0.4 is 4.90 Å². The molecule has 2 aliphatic carbocycles. The second-order valence-electron chi connectivity index (χ2n) is 10.1. The van der Waals surface area contributed by atoms with Crippen molar-refractivity contribution in [2.45, 2.75) is 52.0 Å². The topological polar surface area (TPSA) is 67.1 Å². The normalized spacial score (nSPS) is 27.4. The highest BCUT2D eigenvalue weighted by Gasteiger charge is 2.49. The zero-order chi connectivity index (χ0) is 21.8. The van der Waals surface area contributed by atoms with E-state index in [4.69, 9.17) is 0 Å². The van der Waals surface area contributed by atoms with Gasteiger partial charge in [0.2, 0.25) is 5.95 Å². The van der Waals surface area contributed by atoms with E-state index in [9.17, 15) is 9.50 Å². The van der Waals surface area contributed by atoms with Crippen LogP contribution in [0.4, 0.5) is 10.2 Å². The fourth-order valence-corrected chi connectivity index (χ4v) is 5.82. The number of hydrogen-bond donors (Lipinski definition) is 1. The fraction of sp³-hybridized carbons (Fsp3) is 0.458. The standard InChI is InChI=1S/C24H28FN5O/c1-23-8-9-24(2,14-23)12-17(11-23)29(3)22-7-6-19(27-28-22)18-5-4-16(10-20(18)31)30-13-21(25)26-15-30/h4-7,10,13,15,17,31H,8-9,11-12,14H2,1-3H3/t17-,23-,24+. The molecular weight excluding hydrogens is 393 g/mol. The maximum Gasteiger partial charge on any atom is 0.231 e. The summed E-state index contributed by atoms with van der Waals surface area (Å²) in [4.78, 5) is 5.85. The van der Waals surface area contributed by atoms with E-state index < -0.39 is 5.95 Å². The molecule has 3 atom stereocenters. The maximum atomic E-state index is 13.2. The Balaban J connectivity index is 1.35. The van der Waals surface area contributed by atoms with Crippen molar-refractivity contribution < 1.29 is 9.50 Å². The number of rotatable bonds is 4. The van der Waals surface area contributed by atoms with Gasteiger partial charge >= 0.3 is 0 Å². The SMILES string of the molecule is CN(c1ccc(-c2ccc(-n3cnc(F)c3)cc2O)nn1)[C@H]1C[C@]2(C)CC[C@](C)(C1)C2. The van der Waals surface area contributed by atoms with Gasteiger partial charge in [0.25, 0.3) is 0 Å². The summed E-state index contributed by atoms with van der Waals surface area (Å²) in [6.07, 6.45) is 8.98. The number of phenolic OH excluding ortho intramolecular Hbond substituents is 1. The summed E-state index contributed by atoms with van der Waals surface area (Å²) < 4.78 is 14.7. The van der Waals surface area contributed by atoms with Crippen molar-refractivity contribution >= 4 is 5.82 Å². The third-order valence-electron chi connectivity index (χ3n) is 7.31. The Kier molecular flexibility index (Phi) is 4.53. The smallest absolute Gasteiger partial charge is 0.231 e. The Morgan fingerprint density at radius 2 is 1.84 bits per heavy atom. The minimum Gasteiger partial charge on any atom is -0.507 e. The summed E-state index contributed by atoms with van der Waals surface area (Å²) in [5, 5.41) is 19.4. The molecule has 31 heavy (non-hydrogen) atoms. The second-order valence-corrected chi connectivity index (χ2v) is 10.1. The van der Waals surface area contributed by atoms with Gasteiger partial charge in [0.05, 0.1) is 17.6 Å². The molecule has 6 nitrogen and oxygen atoms in total. The highest BCUT2D eigenvalue weighted by atomic mass is 19.1. The molecule has 0 spiro atoms. The molecule has 0 aliphatic heterocycles. The van der Waals surface area contributed by atoms with Crippen molar-refractivity contribution in [2.75, 3.05) is 11.9 Å². The number of aromatic nitrogens is 4. The van der Waals surface area contributed by atoms with Gasteiger partial charge in [-0.1, -0.05) is 13.8 Å². The van der Waals surface area contributed by atoms with Gasteiger partial charge in [-0.15, -0.1) is 10.2 Å². The first kappa shape index (κ1) is 20.0. The van der Waals surface area contributed by atoms with Crippen molar-refractivity contribution in [3.05, 3.63) is 48.8 Å². The number of aromatic hydroxyl groups is 1. The van der Waals surface area contributed by atoms with E-state index in [2.05, 4.69) is 41.0 Å². The average molecular weight is 422 g/mol. The van der Waals surface area contributed by atoms with Crippen LogP contribution in [0.15, 0.2) is 42.9 Å². The van der Waals surface area contributed by atoms with Crippen LogP contribution >= 0.6 is 0 Å². The monoisotopic (exact) mass is 421 g/mol. The molecule has 5 rings (SSSR count). The van der Waals surface area contributed by atoms with Gasteiger partial charge in [-0.3, -0.25) is 0 Å². The first-order valence-corrected chi connectivity index (χ1v) is 10.8. The van der Waals surface area contributed by atoms with Gasteiger partial charge in [0.1, 0.15) is 12.1 Å². The van der Waals surface area contributed by atoms with Crippen molar-refractivity contribution in [3.8, 4) is 22.7 Å². The molecule has 0 saturated heterocycles. The second kappa shape index (κ2) is 7.04. The predicted octanol–water partition coefficient (Wildman–Crippen LogP) is 4.97. The van der Waals surface area contributed by atoms with E-state index >= 15 is 0 Å². The quantitative estimate of drug-likeness (QED) is 0.644. The Hall–Kier alpha value is -2.96. The lowest BCUT2D eigenvalue weighted by molar-refractivity contribution is 0.148. The van der Waals surface area contributed by atoms with E-state index in [1.807, 2.05) is 12.1 Å². The fourth-order valence-electron chi connectivity index (χ4n) is 5.82. The van der Waals surface area contributed by atoms with E-state index in [1.165, 1.54) is 49.2 Å². The molecule has 162 valence electrons. The van der Waals surface area contributed by atoms with Crippen LogP contribution in [-0.4, -0.2) is 37.9 Å². The molecule has 1 aromatic carbocycles. The number of halogens is 1. The average Bonchev–Trinajstić information content (AvgIpc) is 3.27. The van der Waals surface area contributed by atoms with Crippen LogP contribution in [0.1, 0.15) is 46.0 Å². The molecule has 3 aromatic rings. The molecule has 0 amide bonds. The third-order valence-corrected chi connectivity index (χ3v) is 7.31. The first-order valence-electron chi connectivity index (χ1n) is 10.8. The van der Waals surface area contributed by atoms with Gasteiger partial charge in [0.15, 0.2) is 5.82 Å². The van der Waals surface area contributed by atoms with Crippen molar-refractivity contribution in [1.82, 2.24) is 19.7 Å². The summed E-state index contributed by atoms with van der Waals surface area (Å²) in [5.74, 6) is 0.349. The number of fused-ring (bicyclic) bond motifs is 2. The first-order chi connectivity index (χ1) is 14.7. The lowest BCUT2D eigenvalue weighted by atomic mass is 9.68. The highest BCUT2D eigenvalue weighted by Crippen LogP contribution is 2.58. The summed E-state index contributed by atoms with van der Waals surface area (Å²) in [6, 6.07) is 9.45. The Morgan fingerprint density at radius 1 is 1.10 bits per heavy atom. The Labute approximate surface area is 181 Å². The van der Waals surface area contributed by atoms with Crippen LogP contribution in [0, 0.1) is 16.8 Å². The van der Waals surface area contributed by atoms with Gasteiger partial charge < -0.3 is 14.6 Å². The Bertz CT molecular complexity index is 1100. The molecule has 1 N–H and O–H groups in total. The zero-order valence-electron chi connectivity index (χ0n) is 18.2. The van der Waals surface area contributed by atoms with E-state index in [0.29, 0.717) is 33.8 Å². The third kappa shape index (κ3) is 3.66. The molecule has 2 fully saturated rings. The number of benzene rings is 1. The lowest BCUT2D eigenvalue weighted by Crippen LogP contribution is -2.42. The molecule has 0 unspecified atom stereocenters. The van der Waals surface area contributed by atoms with Crippen LogP contribution in [-0.2, 0) is 0 Å². The molecule has 2 aromatic heterocycles. The highest BCUT2D eigenvalue weighted by molar-refractivity contribution is 5.69. The number of nitrogens with zero attached hydrogens (tertiary/aromatic N) is 5. The molecule has 2 bridgehead atoms. The van der Waals surface area contributed by atoms with Gasteiger partial charge in [-0.2, -0.15) is 4.39 Å². The minimum absolute atomic E-state index is 0.0618. The number of imidazole rings is 1. The van der Waals surface area contributed by atoms with Crippen LogP contribution in [0.2, 0.25) is 0 Å². The van der Waals surface area contributed by atoms with E-state index in [-0.39, 0.29) is 5.75 Å². The number of phenols is 1. The summed E-state index contributed by atoms with van der Waals surface area (Å²) in [6.45, 7) is 4.86. The van der Waals surface area contributed by atoms with E-state index in [1.54, 1.807) is 18.2 Å². The minimum atomic E-state index is -0.567. The zero-order valence-corrected chi connectivity index (χ0v) is 18.2.